The summed E-state index contributed by atoms with van der Waals surface area (Å²) in [4.78, 5) is 2.06. The summed E-state index contributed by atoms with van der Waals surface area (Å²) in [6.45, 7) is 4.97. The maximum absolute atomic E-state index is 13.9. The quantitative estimate of drug-likeness (QED) is 0.845. The van der Waals surface area contributed by atoms with Gasteiger partial charge in [-0.15, -0.1) is 0 Å². The minimum absolute atomic E-state index is 0.130. The highest BCUT2D eigenvalue weighted by Gasteiger charge is 2.22. The van der Waals surface area contributed by atoms with Gasteiger partial charge in [0.25, 0.3) is 0 Å². The fourth-order valence-electron chi connectivity index (χ4n) is 2.10. The van der Waals surface area contributed by atoms with Gasteiger partial charge in [-0.25, -0.2) is 4.39 Å². The molecule has 0 saturated carbocycles. The smallest absolute Gasteiger partial charge is 0.128 e. The molecular weight excluding hydrogens is 231 g/mol. The van der Waals surface area contributed by atoms with E-state index in [-0.39, 0.29) is 17.9 Å². The molecule has 2 unspecified atom stereocenters. The SMILES string of the molecule is COCC(C)N(C)C(CN)c1cc(C)ccc1F. The van der Waals surface area contributed by atoms with Crippen LogP contribution in [0.4, 0.5) is 4.39 Å². The van der Waals surface area contributed by atoms with Crippen molar-refractivity contribution in [3.63, 3.8) is 0 Å². The highest BCUT2D eigenvalue weighted by Crippen LogP contribution is 2.24. The Kier molecular flexibility index (Phi) is 5.72. The number of rotatable bonds is 6. The predicted molar refractivity (Wildman–Crippen MR) is 72.0 cm³/mol. The molecule has 1 aromatic carbocycles. The van der Waals surface area contributed by atoms with Crippen LogP contribution in [0.3, 0.4) is 0 Å². The van der Waals surface area contributed by atoms with Crippen LogP contribution in [0.15, 0.2) is 18.2 Å². The van der Waals surface area contributed by atoms with Crippen molar-refractivity contribution in [1.82, 2.24) is 4.90 Å². The van der Waals surface area contributed by atoms with Gasteiger partial charge in [0.05, 0.1) is 6.61 Å². The largest absolute Gasteiger partial charge is 0.383 e. The van der Waals surface area contributed by atoms with Crippen LogP contribution in [0.1, 0.15) is 24.1 Å². The first-order chi connectivity index (χ1) is 8.51. The van der Waals surface area contributed by atoms with Crippen molar-refractivity contribution in [3.05, 3.63) is 35.1 Å². The maximum Gasteiger partial charge on any atom is 0.128 e. The third-order valence-electron chi connectivity index (χ3n) is 3.33. The third-order valence-corrected chi connectivity index (χ3v) is 3.33. The van der Waals surface area contributed by atoms with Gasteiger partial charge >= 0.3 is 0 Å². The molecule has 0 radical (unpaired) electrons. The zero-order chi connectivity index (χ0) is 13.7. The summed E-state index contributed by atoms with van der Waals surface area (Å²) in [6.07, 6.45) is 0. The summed E-state index contributed by atoms with van der Waals surface area (Å²) in [5, 5.41) is 0. The van der Waals surface area contributed by atoms with E-state index in [0.717, 1.165) is 5.56 Å². The number of nitrogens with zero attached hydrogens (tertiary/aromatic N) is 1. The Balaban J connectivity index is 2.98. The van der Waals surface area contributed by atoms with Crippen LogP contribution >= 0.6 is 0 Å². The normalized spacial score (nSPS) is 14.8. The predicted octanol–water partition coefficient (Wildman–Crippen LogP) is 2.10. The number of hydrogen-bond donors (Lipinski definition) is 1. The van der Waals surface area contributed by atoms with Gasteiger partial charge in [-0.3, -0.25) is 4.90 Å². The van der Waals surface area contributed by atoms with Gasteiger partial charge < -0.3 is 10.5 Å². The van der Waals surface area contributed by atoms with Crippen molar-refractivity contribution >= 4 is 0 Å². The molecule has 0 aliphatic rings. The average molecular weight is 254 g/mol. The number of benzene rings is 1. The highest BCUT2D eigenvalue weighted by molar-refractivity contribution is 5.27. The zero-order valence-electron chi connectivity index (χ0n) is 11.6. The lowest BCUT2D eigenvalue weighted by atomic mass is 10.0. The monoisotopic (exact) mass is 254 g/mol. The number of likely N-dealkylation sites (N-methyl/N-ethyl adjacent to an activating group) is 1. The van der Waals surface area contributed by atoms with Gasteiger partial charge in [0.1, 0.15) is 5.82 Å². The Labute approximate surface area is 109 Å². The minimum Gasteiger partial charge on any atom is -0.383 e. The lowest BCUT2D eigenvalue weighted by molar-refractivity contribution is 0.0899. The molecule has 0 aliphatic carbocycles. The van der Waals surface area contributed by atoms with Crippen LogP contribution in [0.2, 0.25) is 0 Å². The van der Waals surface area contributed by atoms with E-state index in [1.165, 1.54) is 6.07 Å². The second-order valence-electron chi connectivity index (χ2n) is 4.75. The summed E-state index contributed by atoms with van der Waals surface area (Å²) in [7, 11) is 3.61. The van der Waals surface area contributed by atoms with Gasteiger partial charge in [0, 0.05) is 31.3 Å². The average Bonchev–Trinajstić information content (AvgIpc) is 2.34. The summed E-state index contributed by atoms with van der Waals surface area (Å²) < 4.78 is 19.0. The molecule has 0 aliphatic heterocycles. The van der Waals surface area contributed by atoms with Crippen LogP contribution in [0.5, 0.6) is 0 Å². The van der Waals surface area contributed by atoms with E-state index < -0.39 is 0 Å². The van der Waals surface area contributed by atoms with E-state index in [2.05, 4.69) is 4.90 Å². The summed E-state index contributed by atoms with van der Waals surface area (Å²) >= 11 is 0. The van der Waals surface area contributed by atoms with Gasteiger partial charge in [-0.1, -0.05) is 17.7 Å². The lowest BCUT2D eigenvalue weighted by Gasteiger charge is -2.32. The van der Waals surface area contributed by atoms with Crippen molar-refractivity contribution in [2.24, 2.45) is 5.73 Å². The van der Waals surface area contributed by atoms with Gasteiger partial charge in [0.15, 0.2) is 0 Å². The Morgan fingerprint density at radius 1 is 1.44 bits per heavy atom. The molecule has 18 heavy (non-hydrogen) atoms. The third kappa shape index (κ3) is 3.51. The van der Waals surface area contributed by atoms with E-state index in [0.29, 0.717) is 18.7 Å². The highest BCUT2D eigenvalue weighted by atomic mass is 19.1. The molecule has 1 rings (SSSR count). The fourth-order valence-corrected chi connectivity index (χ4v) is 2.10. The second-order valence-corrected chi connectivity index (χ2v) is 4.75. The van der Waals surface area contributed by atoms with E-state index in [4.69, 9.17) is 10.5 Å². The first-order valence-electron chi connectivity index (χ1n) is 6.18. The summed E-state index contributed by atoms with van der Waals surface area (Å²) in [5.41, 5.74) is 7.50. The molecule has 2 atom stereocenters. The Morgan fingerprint density at radius 3 is 2.67 bits per heavy atom. The molecule has 0 bridgehead atoms. The van der Waals surface area contributed by atoms with Crippen molar-refractivity contribution in [2.75, 3.05) is 27.3 Å². The van der Waals surface area contributed by atoms with E-state index in [9.17, 15) is 4.39 Å². The van der Waals surface area contributed by atoms with Crippen LogP contribution in [-0.4, -0.2) is 38.3 Å². The Bertz CT molecular complexity index is 384. The molecule has 0 spiro atoms. The number of hydrogen-bond acceptors (Lipinski definition) is 3. The minimum atomic E-state index is -0.201. The Hall–Kier alpha value is -0.970. The van der Waals surface area contributed by atoms with E-state index in [1.807, 2.05) is 27.0 Å². The zero-order valence-corrected chi connectivity index (χ0v) is 11.6. The molecular formula is C14H23FN2O. The first-order valence-corrected chi connectivity index (χ1v) is 6.18. The molecule has 2 N–H and O–H groups in total. The van der Waals surface area contributed by atoms with Gasteiger partial charge in [-0.2, -0.15) is 0 Å². The molecule has 0 amide bonds. The second kappa shape index (κ2) is 6.83. The number of aryl methyl sites for hydroxylation is 1. The topological polar surface area (TPSA) is 38.5 Å². The van der Waals surface area contributed by atoms with Crippen molar-refractivity contribution in [1.29, 1.82) is 0 Å². The van der Waals surface area contributed by atoms with Gasteiger partial charge in [0.2, 0.25) is 0 Å². The van der Waals surface area contributed by atoms with Crippen LogP contribution in [0.25, 0.3) is 0 Å². The lowest BCUT2D eigenvalue weighted by Crippen LogP contribution is -2.39. The molecule has 0 saturated heterocycles. The molecule has 3 nitrogen and oxygen atoms in total. The molecule has 102 valence electrons. The van der Waals surface area contributed by atoms with Gasteiger partial charge in [-0.05, 0) is 27.0 Å². The number of halogens is 1. The summed E-state index contributed by atoms with van der Waals surface area (Å²) in [6, 6.07) is 5.19. The molecule has 0 aromatic heterocycles. The van der Waals surface area contributed by atoms with Crippen LogP contribution in [0, 0.1) is 12.7 Å². The van der Waals surface area contributed by atoms with Crippen molar-refractivity contribution < 1.29 is 9.13 Å². The fraction of sp³-hybridized carbons (Fsp3) is 0.571. The molecule has 1 aromatic rings. The summed E-state index contributed by atoms with van der Waals surface area (Å²) in [5.74, 6) is -0.201. The Morgan fingerprint density at radius 2 is 2.11 bits per heavy atom. The van der Waals surface area contributed by atoms with Crippen LogP contribution < -0.4 is 5.73 Å². The molecule has 0 heterocycles. The first kappa shape index (κ1) is 15.1. The molecule has 4 heteroatoms. The standard InChI is InChI=1S/C14H23FN2O/c1-10-5-6-13(15)12(7-10)14(8-16)17(3)11(2)9-18-4/h5-7,11,14H,8-9,16H2,1-4H3. The number of ether oxygens (including phenoxy) is 1. The number of nitrogens with two attached hydrogens (primary N) is 1. The van der Waals surface area contributed by atoms with Crippen molar-refractivity contribution in [3.8, 4) is 0 Å². The van der Waals surface area contributed by atoms with E-state index >= 15 is 0 Å². The van der Waals surface area contributed by atoms with E-state index in [1.54, 1.807) is 13.2 Å². The maximum atomic E-state index is 13.9. The number of methoxy groups -OCH3 is 1. The molecule has 0 fully saturated rings. The van der Waals surface area contributed by atoms with Crippen LogP contribution in [-0.2, 0) is 4.74 Å². The van der Waals surface area contributed by atoms with Crippen molar-refractivity contribution in [2.45, 2.75) is 25.9 Å².